The number of hydrogen-bond acceptors (Lipinski definition) is 3. The maximum Gasteiger partial charge on any atom is 0.0416 e. The zero-order valence-electron chi connectivity index (χ0n) is 10.5. The number of nitrogens with zero attached hydrogens (tertiary/aromatic N) is 1. The third-order valence-electron chi connectivity index (χ3n) is 2.85. The second kappa shape index (κ2) is 6.77. The van der Waals surface area contributed by atoms with Crippen molar-refractivity contribution < 1.29 is 0 Å². The van der Waals surface area contributed by atoms with Crippen molar-refractivity contribution in [2.75, 3.05) is 18.8 Å². The van der Waals surface area contributed by atoms with Crippen LogP contribution in [0.25, 0.3) is 0 Å². The first kappa shape index (κ1) is 12.6. The van der Waals surface area contributed by atoms with E-state index in [0.29, 0.717) is 0 Å². The number of hydrogen-bond donors (Lipinski definition) is 2. The topological polar surface area (TPSA) is 50.9 Å². The zero-order chi connectivity index (χ0) is 12.6. The lowest BCUT2D eigenvalue weighted by Crippen LogP contribution is -2.20. The molecule has 0 fully saturated rings. The highest BCUT2D eigenvalue weighted by molar-refractivity contribution is 5.39. The summed E-state index contributed by atoms with van der Waals surface area (Å²) >= 11 is 0. The van der Waals surface area contributed by atoms with Gasteiger partial charge in [0.1, 0.15) is 0 Å². The number of nitrogen functional groups attached to an aromatic ring is 1. The Morgan fingerprint density at radius 1 is 0.944 bits per heavy atom. The van der Waals surface area contributed by atoms with Crippen molar-refractivity contribution in [3.63, 3.8) is 0 Å². The van der Waals surface area contributed by atoms with Gasteiger partial charge in [-0.1, -0.05) is 18.2 Å². The Kier molecular flexibility index (Phi) is 4.73. The number of nitrogens with one attached hydrogen (secondary N) is 1. The van der Waals surface area contributed by atoms with Crippen LogP contribution in [0.15, 0.2) is 48.7 Å². The maximum absolute atomic E-state index is 5.64. The highest BCUT2D eigenvalue weighted by Crippen LogP contribution is 2.05. The van der Waals surface area contributed by atoms with Gasteiger partial charge in [-0.25, -0.2) is 0 Å². The SMILES string of the molecule is Nc1ccc(CCNCCc2ccccn2)cc1. The van der Waals surface area contributed by atoms with Crippen LogP contribution in [0.3, 0.4) is 0 Å². The van der Waals surface area contributed by atoms with E-state index in [1.54, 1.807) is 0 Å². The molecule has 0 aliphatic rings. The summed E-state index contributed by atoms with van der Waals surface area (Å²) in [5.74, 6) is 0. The summed E-state index contributed by atoms with van der Waals surface area (Å²) in [6, 6.07) is 14.1. The van der Waals surface area contributed by atoms with Crippen LogP contribution in [0.1, 0.15) is 11.3 Å². The van der Waals surface area contributed by atoms with Gasteiger partial charge in [0.2, 0.25) is 0 Å². The summed E-state index contributed by atoms with van der Waals surface area (Å²) in [6.07, 6.45) is 3.84. The lowest BCUT2D eigenvalue weighted by atomic mass is 10.1. The first-order valence-corrected chi connectivity index (χ1v) is 6.29. The second-order valence-corrected chi connectivity index (χ2v) is 4.31. The summed E-state index contributed by atoms with van der Waals surface area (Å²) < 4.78 is 0. The molecule has 94 valence electrons. The van der Waals surface area contributed by atoms with Gasteiger partial charge < -0.3 is 11.1 Å². The van der Waals surface area contributed by atoms with Crippen molar-refractivity contribution in [2.24, 2.45) is 0 Å². The fraction of sp³-hybridized carbons (Fsp3) is 0.267. The van der Waals surface area contributed by atoms with Crippen molar-refractivity contribution in [3.05, 3.63) is 59.9 Å². The van der Waals surface area contributed by atoms with E-state index in [0.717, 1.165) is 37.3 Å². The summed E-state index contributed by atoms with van der Waals surface area (Å²) in [5, 5.41) is 3.43. The molecular weight excluding hydrogens is 222 g/mol. The summed E-state index contributed by atoms with van der Waals surface area (Å²) in [6.45, 7) is 1.95. The van der Waals surface area contributed by atoms with Gasteiger partial charge in [-0.05, 0) is 42.8 Å². The van der Waals surface area contributed by atoms with E-state index in [1.165, 1.54) is 5.56 Å². The number of benzene rings is 1. The summed E-state index contributed by atoms with van der Waals surface area (Å²) in [5.41, 5.74) is 8.92. The van der Waals surface area contributed by atoms with Gasteiger partial charge in [-0.2, -0.15) is 0 Å². The maximum atomic E-state index is 5.64. The van der Waals surface area contributed by atoms with Crippen molar-refractivity contribution >= 4 is 5.69 Å². The molecule has 3 nitrogen and oxygen atoms in total. The molecule has 1 aromatic heterocycles. The van der Waals surface area contributed by atoms with Crippen molar-refractivity contribution in [3.8, 4) is 0 Å². The second-order valence-electron chi connectivity index (χ2n) is 4.31. The molecule has 0 bridgehead atoms. The molecule has 2 rings (SSSR count). The average Bonchev–Trinajstić information content (AvgIpc) is 2.42. The number of nitrogens with two attached hydrogens (primary N) is 1. The third-order valence-corrected chi connectivity index (χ3v) is 2.85. The molecule has 0 amide bonds. The van der Waals surface area contributed by atoms with Crippen LogP contribution in [0.4, 0.5) is 5.69 Å². The molecule has 0 atom stereocenters. The van der Waals surface area contributed by atoms with Gasteiger partial charge in [0.15, 0.2) is 0 Å². The van der Waals surface area contributed by atoms with Crippen LogP contribution >= 0.6 is 0 Å². The summed E-state index contributed by atoms with van der Waals surface area (Å²) in [7, 11) is 0. The van der Waals surface area contributed by atoms with Crippen molar-refractivity contribution in [2.45, 2.75) is 12.8 Å². The largest absolute Gasteiger partial charge is 0.399 e. The molecular formula is C15H19N3. The first-order valence-electron chi connectivity index (χ1n) is 6.29. The Morgan fingerprint density at radius 2 is 1.72 bits per heavy atom. The fourth-order valence-corrected chi connectivity index (χ4v) is 1.80. The van der Waals surface area contributed by atoms with Crippen LogP contribution in [0, 0.1) is 0 Å². The van der Waals surface area contributed by atoms with E-state index in [1.807, 2.05) is 30.5 Å². The molecule has 3 N–H and O–H groups in total. The lowest BCUT2D eigenvalue weighted by Gasteiger charge is -2.05. The van der Waals surface area contributed by atoms with E-state index in [9.17, 15) is 0 Å². The van der Waals surface area contributed by atoms with Gasteiger partial charge in [0.25, 0.3) is 0 Å². The monoisotopic (exact) mass is 241 g/mol. The molecule has 1 aromatic carbocycles. The highest BCUT2D eigenvalue weighted by atomic mass is 14.8. The number of aromatic nitrogens is 1. The van der Waals surface area contributed by atoms with E-state index in [2.05, 4.69) is 28.5 Å². The Labute approximate surface area is 108 Å². The number of pyridine rings is 1. The highest BCUT2D eigenvalue weighted by Gasteiger charge is 1.95. The smallest absolute Gasteiger partial charge is 0.0416 e. The van der Waals surface area contributed by atoms with Crippen molar-refractivity contribution in [1.82, 2.24) is 10.3 Å². The van der Waals surface area contributed by atoms with Gasteiger partial charge in [0, 0.05) is 30.5 Å². The molecule has 0 spiro atoms. The van der Waals surface area contributed by atoms with Crippen LogP contribution in [-0.4, -0.2) is 18.1 Å². The van der Waals surface area contributed by atoms with Gasteiger partial charge in [0.05, 0.1) is 0 Å². The standard InChI is InChI=1S/C15H19N3/c16-14-6-4-13(5-7-14)8-11-17-12-9-15-3-1-2-10-18-15/h1-7,10,17H,8-9,11-12,16H2. The minimum Gasteiger partial charge on any atom is -0.399 e. The van der Waals surface area contributed by atoms with E-state index in [4.69, 9.17) is 5.73 Å². The molecule has 0 saturated carbocycles. The Morgan fingerprint density at radius 3 is 2.44 bits per heavy atom. The van der Waals surface area contributed by atoms with Gasteiger partial charge in [-0.3, -0.25) is 4.98 Å². The van der Waals surface area contributed by atoms with Gasteiger partial charge >= 0.3 is 0 Å². The zero-order valence-corrected chi connectivity index (χ0v) is 10.5. The molecule has 0 unspecified atom stereocenters. The fourth-order valence-electron chi connectivity index (χ4n) is 1.80. The molecule has 2 aromatic rings. The molecule has 1 heterocycles. The predicted molar refractivity (Wildman–Crippen MR) is 75.4 cm³/mol. The van der Waals surface area contributed by atoms with E-state index in [-0.39, 0.29) is 0 Å². The molecule has 0 radical (unpaired) electrons. The van der Waals surface area contributed by atoms with Crippen LogP contribution in [0.5, 0.6) is 0 Å². The van der Waals surface area contributed by atoms with Crippen LogP contribution in [0.2, 0.25) is 0 Å². The molecule has 3 heteroatoms. The van der Waals surface area contributed by atoms with Crippen molar-refractivity contribution in [1.29, 1.82) is 0 Å². The van der Waals surface area contributed by atoms with Gasteiger partial charge in [-0.15, -0.1) is 0 Å². The third kappa shape index (κ3) is 4.18. The first-order chi connectivity index (χ1) is 8.84. The molecule has 0 aliphatic carbocycles. The minimum atomic E-state index is 0.821. The molecule has 0 aliphatic heterocycles. The predicted octanol–water partition coefficient (Wildman–Crippen LogP) is 2.04. The van der Waals surface area contributed by atoms with E-state index < -0.39 is 0 Å². The Balaban J connectivity index is 1.63. The quantitative estimate of drug-likeness (QED) is 0.601. The molecule has 18 heavy (non-hydrogen) atoms. The lowest BCUT2D eigenvalue weighted by molar-refractivity contribution is 0.675. The Hall–Kier alpha value is -1.87. The van der Waals surface area contributed by atoms with Crippen LogP contribution < -0.4 is 11.1 Å². The number of rotatable bonds is 6. The average molecular weight is 241 g/mol. The Bertz CT molecular complexity index is 451. The number of anilines is 1. The normalized spacial score (nSPS) is 10.4. The molecule has 0 saturated heterocycles. The van der Waals surface area contributed by atoms with Crippen LogP contribution in [-0.2, 0) is 12.8 Å². The summed E-state index contributed by atoms with van der Waals surface area (Å²) in [4.78, 5) is 4.29. The minimum absolute atomic E-state index is 0.821. The van der Waals surface area contributed by atoms with E-state index >= 15 is 0 Å².